The van der Waals surface area contributed by atoms with Gasteiger partial charge in [0.15, 0.2) is 0 Å². The SMILES string of the molecule is O=C(O)c1ccc(C(=O)O)c(C2CCCC3(CCCC3)C(=O)O2)c1. The Balaban J connectivity index is 1.95. The lowest BCUT2D eigenvalue weighted by Gasteiger charge is -2.25. The van der Waals surface area contributed by atoms with Crippen LogP contribution in [0.5, 0.6) is 0 Å². The molecule has 3 rings (SSSR count). The number of benzene rings is 1. The van der Waals surface area contributed by atoms with Gasteiger partial charge in [-0.3, -0.25) is 4.79 Å². The fraction of sp³-hybridized carbons (Fsp3) is 0.500. The van der Waals surface area contributed by atoms with Crippen molar-refractivity contribution < 1.29 is 29.3 Å². The monoisotopic (exact) mass is 332 g/mol. The number of carbonyl (C=O) groups excluding carboxylic acids is 1. The van der Waals surface area contributed by atoms with Gasteiger partial charge < -0.3 is 14.9 Å². The van der Waals surface area contributed by atoms with Crippen LogP contribution < -0.4 is 0 Å². The minimum atomic E-state index is -1.15. The number of hydrogen-bond donors (Lipinski definition) is 2. The first-order valence-corrected chi connectivity index (χ1v) is 8.25. The van der Waals surface area contributed by atoms with E-state index >= 15 is 0 Å². The Morgan fingerprint density at radius 1 is 1.04 bits per heavy atom. The molecule has 128 valence electrons. The average Bonchev–Trinajstić information content (AvgIpc) is 2.96. The molecule has 0 amide bonds. The van der Waals surface area contributed by atoms with E-state index < -0.39 is 23.5 Å². The molecule has 1 aromatic rings. The topological polar surface area (TPSA) is 101 Å². The van der Waals surface area contributed by atoms with Crippen LogP contribution in [0.15, 0.2) is 18.2 Å². The van der Waals surface area contributed by atoms with E-state index in [1.165, 1.54) is 18.2 Å². The van der Waals surface area contributed by atoms with Gasteiger partial charge in [0, 0.05) is 5.56 Å². The third-order valence-electron chi connectivity index (χ3n) is 5.24. The van der Waals surface area contributed by atoms with Crippen LogP contribution >= 0.6 is 0 Å². The number of cyclic esters (lactones) is 1. The maximum absolute atomic E-state index is 12.6. The van der Waals surface area contributed by atoms with Crippen molar-refractivity contribution in [2.75, 3.05) is 0 Å². The van der Waals surface area contributed by atoms with Crippen LogP contribution in [-0.4, -0.2) is 28.1 Å². The molecule has 1 spiro atoms. The molecule has 2 aliphatic rings. The highest BCUT2D eigenvalue weighted by Gasteiger charge is 2.45. The summed E-state index contributed by atoms with van der Waals surface area (Å²) in [6.07, 6.45) is 4.97. The predicted octanol–water partition coefficient (Wildman–Crippen LogP) is 3.41. The molecule has 0 bridgehead atoms. The Morgan fingerprint density at radius 2 is 1.71 bits per heavy atom. The molecule has 0 radical (unpaired) electrons. The van der Waals surface area contributed by atoms with Crippen LogP contribution in [0.3, 0.4) is 0 Å². The second-order valence-electron chi connectivity index (χ2n) is 6.69. The Kier molecular flexibility index (Phi) is 4.30. The summed E-state index contributed by atoms with van der Waals surface area (Å²) in [7, 11) is 0. The van der Waals surface area contributed by atoms with Gasteiger partial charge in [0.2, 0.25) is 0 Å². The van der Waals surface area contributed by atoms with E-state index in [0.717, 1.165) is 38.5 Å². The molecule has 6 nitrogen and oxygen atoms in total. The van der Waals surface area contributed by atoms with Gasteiger partial charge in [0.05, 0.1) is 16.5 Å². The Bertz CT molecular complexity index is 687. The average molecular weight is 332 g/mol. The van der Waals surface area contributed by atoms with Crippen LogP contribution in [-0.2, 0) is 9.53 Å². The van der Waals surface area contributed by atoms with Crippen molar-refractivity contribution in [3.8, 4) is 0 Å². The minimum Gasteiger partial charge on any atom is -0.478 e. The fourth-order valence-corrected chi connectivity index (χ4v) is 3.92. The fourth-order valence-electron chi connectivity index (χ4n) is 3.92. The van der Waals surface area contributed by atoms with Gasteiger partial charge >= 0.3 is 17.9 Å². The first-order chi connectivity index (χ1) is 11.4. The number of carboxylic acids is 2. The highest BCUT2D eigenvalue weighted by atomic mass is 16.5. The summed E-state index contributed by atoms with van der Waals surface area (Å²) in [6, 6.07) is 3.84. The van der Waals surface area contributed by atoms with E-state index in [-0.39, 0.29) is 22.7 Å². The van der Waals surface area contributed by atoms with Gasteiger partial charge in [0.1, 0.15) is 6.10 Å². The van der Waals surface area contributed by atoms with E-state index in [1.807, 2.05) is 0 Å². The van der Waals surface area contributed by atoms with Crippen LogP contribution in [0.2, 0.25) is 0 Å². The van der Waals surface area contributed by atoms with E-state index in [0.29, 0.717) is 6.42 Å². The molecule has 6 heteroatoms. The predicted molar refractivity (Wildman–Crippen MR) is 83.9 cm³/mol. The summed E-state index contributed by atoms with van der Waals surface area (Å²) in [5.74, 6) is -2.56. The molecule has 1 atom stereocenters. The third kappa shape index (κ3) is 2.88. The van der Waals surface area contributed by atoms with Gasteiger partial charge in [-0.1, -0.05) is 12.8 Å². The second kappa shape index (κ2) is 6.26. The normalized spacial score (nSPS) is 22.8. The molecule has 2 fully saturated rings. The molecule has 1 aliphatic heterocycles. The molecule has 1 unspecified atom stereocenters. The summed E-state index contributed by atoms with van der Waals surface area (Å²) in [6.45, 7) is 0. The quantitative estimate of drug-likeness (QED) is 0.823. The molecule has 1 heterocycles. The van der Waals surface area contributed by atoms with Gasteiger partial charge in [-0.2, -0.15) is 0 Å². The summed E-state index contributed by atoms with van der Waals surface area (Å²) in [5.41, 5.74) is -0.181. The zero-order valence-corrected chi connectivity index (χ0v) is 13.3. The Labute approximate surface area is 139 Å². The summed E-state index contributed by atoms with van der Waals surface area (Å²) >= 11 is 0. The van der Waals surface area contributed by atoms with Crippen molar-refractivity contribution in [3.05, 3.63) is 34.9 Å². The van der Waals surface area contributed by atoms with E-state index in [2.05, 4.69) is 0 Å². The first kappa shape index (κ1) is 16.5. The largest absolute Gasteiger partial charge is 0.478 e. The Morgan fingerprint density at radius 3 is 2.33 bits per heavy atom. The summed E-state index contributed by atoms with van der Waals surface area (Å²) in [5, 5.41) is 18.5. The lowest BCUT2D eigenvalue weighted by atomic mass is 9.81. The Hall–Kier alpha value is -2.37. The molecule has 2 N–H and O–H groups in total. The number of hydrogen-bond acceptors (Lipinski definition) is 4. The van der Waals surface area contributed by atoms with Crippen molar-refractivity contribution >= 4 is 17.9 Å². The second-order valence-corrected chi connectivity index (χ2v) is 6.69. The van der Waals surface area contributed by atoms with E-state index in [4.69, 9.17) is 9.84 Å². The number of esters is 1. The van der Waals surface area contributed by atoms with Crippen LogP contribution in [0.1, 0.15) is 77.3 Å². The molecule has 1 aliphatic carbocycles. The van der Waals surface area contributed by atoms with Gasteiger partial charge in [-0.05, 0) is 50.3 Å². The standard InChI is InChI=1S/C18H20O6/c19-15(20)11-5-6-12(16(21)22)13(10-11)14-4-3-9-18(17(23)24-14)7-1-2-8-18/h5-6,10,14H,1-4,7-9H2,(H,19,20)(H,21,22). The van der Waals surface area contributed by atoms with Gasteiger partial charge in [0.25, 0.3) is 0 Å². The van der Waals surface area contributed by atoms with Crippen LogP contribution in [0, 0.1) is 5.41 Å². The van der Waals surface area contributed by atoms with Crippen molar-refractivity contribution in [1.82, 2.24) is 0 Å². The van der Waals surface area contributed by atoms with Crippen LogP contribution in [0.25, 0.3) is 0 Å². The number of carbonyl (C=O) groups is 3. The van der Waals surface area contributed by atoms with Gasteiger partial charge in [-0.25, -0.2) is 9.59 Å². The number of rotatable bonds is 3. The number of aromatic carboxylic acids is 2. The summed E-state index contributed by atoms with van der Waals surface area (Å²) in [4.78, 5) is 35.3. The lowest BCUT2D eigenvalue weighted by Crippen LogP contribution is -2.29. The molecule has 0 aromatic heterocycles. The maximum atomic E-state index is 12.6. The molecule has 1 saturated heterocycles. The van der Waals surface area contributed by atoms with Crippen molar-refractivity contribution in [1.29, 1.82) is 0 Å². The van der Waals surface area contributed by atoms with Crippen molar-refractivity contribution in [2.45, 2.75) is 51.0 Å². The van der Waals surface area contributed by atoms with Gasteiger partial charge in [-0.15, -0.1) is 0 Å². The first-order valence-electron chi connectivity index (χ1n) is 8.25. The molecule has 1 aromatic carbocycles. The zero-order chi connectivity index (χ0) is 17.3. The highest BCUT2D eigenvalue weighted by molar-refractivity contribution is 5.93. The van der Waals surface area contributed by atoms with Crippen molar-refractivity contribution in [2.24, 2.45) is 5.41 Å². The van der Waals surface area contributed by atoms with E-state index in [1.54, 1.807) is 0 Å². The van der Waals surface area contributed by atoms with Crippen LogP contribution in [0.4, 0.5) is 0 Å². The maximum Gasteiger partial charge on any atom is 0.336 e. The minimum absolute atomic E-state index is 0.00845. The molecular formula is C18H20O6. The molecule has 24 heavy (non-hydrogen) atoms. The van der Waals surface area contributed by atoms with Crippen molar-refractivity contribution in [3.63, 3.8) is 0 Å². The molecule has 1 saturated carbocycles. The molecular weight excluding hydrogens is 312 g/mol. The zero-order valence-electron chi connectivity index (χ0n) is 13.3. The third-order valence-corrected chi connectivity index (χ3v) is 5.24. The number of carboxylic acid groups (broad SMARTS) is 2. The number of ether oxygens (including phenoxy) is 1. The highest BCUT2D eigenvalue weighted by Crippen LogP contribution is 2.47. The lowest BCUT2D eigenvalue weighted by molar-refractivity contribution is -0.159. The smallest absolute Gasteiger partial charge is 0.336 e. The summed E-state index contributed by atoms with van der Waals surface area (Å²) < 4.78 is 5.67. The van der Waals surface area contributed by atoms with E-state index in [9.17, 15) is 19.5 Å².